The van der Waals surface area contributed by atoms with E-state index in [-0.39, 0.29) is 30.5 Å². The second-order valence-corrected chi connectivity index (χ2v) is 8.95. The number of fused-ring (bicyclic) bond motifs is 2. The van der Waals surface area contributed by atoms with Crippen molar-refractivity contribution in [3.05, 3.63) is 46.3 Å². The third kappa shape index (κ3) is 6.39. The Balaban J connectivity index is 0.000000840. The van der Waals surface area contributed by atoms with E-state index in [1.165, 1.54) is 0 Å². The summed E-state index contributed by atoms with van der Waals surface area (Å²) < 4.78 is 35.2. The summed E-state index contributed by atoms with van der Waals surface area (Å²) in [6.07, 6.45) is -5.26. The van der Waals surface area contributed by atoms with Gasteiger partial charge in [0.25, 0.3) is 0 Å². The van der Waals surface area contributed by atoms with E-state index in [1.807, 2.05) is 51.1 Å². The summed E-state index contributed by atoms with van der Waals surface area (Å²) in [5.41, 5.74) is 9.75. The number of rotatable bonds is 6. The van der Waals surface area contributed by atoms with Crippen LogP contribution in [0.15, 0.2) is 35.4 Å². The topological polar surface area (TPSA) is 132 Å². The minimum absolute atomic E-state index is 0.0872. The third-order valence-electron chi connectivity index (χ3n) is 6.76. The minimum Gasteiger partial charge on any atom is -0.459 e. The van der Waals surface area contributed by atoms with Crippen LogP contribution in [0.1, 0.15) is 27.7 Å². The number of benzene rings is 1. The Morgan fingerprint density at radius 3 is 2.57 bits per heavy atom. The van der Waals surface area contributed by atoms with E-state index in [0.29, 0.717) is 6.61 Å². The molecule has 3 saturated heterocycles. The highest BCUT2D eigenvalue weighted by molar-refractivity contribution is 6.31. The summed E-state index contributed by atoms with van der Waals surface area (Å²) in [5.74, 6) is -1.30. The van der Waals surface area contributed by atoms with Crippen LogP contribution in [0.5, 0.6) is 0 Å². The molecule has 3 heterocycles. The molecule has 3 aliphatic heterocycles. The number of aliphatic hydroxyl groups is 1. The Morgan fingerprint density at radius 2 is 1.91 bits per heavy atom. The van der Waals surface area contributed by atoms with Crippen LogP contribution in [0, 0.1) is 17.8 Å². The van der Waals surface area contributed by atoms with Crippen molar-refractivity contribution < 1.29 is 35.0 Å². The van der Waals surface area contributed by atoms with Crippen LogP contribution in [0.3, 0.4) is 0 Å². The Labute approximate surface area is 209 Å². The first-order chi connectivity index (χ1) is 17.1. The van der Waals surface area contributed by atoms with Gasteiger partial charge in [0.2, 0.25) is 0 Å². The van der Waals surface area contributed by atoms with Crippen molar-refractivity contribution in [3.63, 3.8) is 0 Å². The Hall–Kier alpha value is -2.07. The fourth-order valence-electron chi connectivity index (χ4n) is 4.50. The molecule has 10 nitrogen and oxygen atoms in total. The first-order valence-corrected chi connectivity index (χ1v) is 11.6. The summed E-state index contributed by atoms with van der Waals surface area (Å²) in [7, 11) is 9.11. The highest BCUT2D eigenvalue weighted by Gasteiger charge is 2.52. The highest BCUT2D eigenvalue weighted by Crippen LogP contribution is 2.39. The number of ether oxygens (including phenoxy) is 5. The van der Waals surface area contributed by atoms with E-state index in [4.69, 9.17) is 30.6 Å². The highest BCUT2D eigenvalue weighted by atomic mass is 16.8. The van der Waals surface area contributed by atoms with Crippen LogP contribution in [-0.4, -0.2) is 76.4 Å². The Kier molecular flexibility index (Phi) is 9.48. The fourth-order valence-corrected chi connectivity index (χ4v) is 4.50. The van der Waals surface area contributed by atoms with E-state index in [0.717, 1.165) is 5.56 Å². The van der Waals surface area contributed by atoms with Crippen LogP contribution in [-0.2, 0) is 35.1 Å². The van der Waals surface area contributed by atoms with Crippen LogP contribution in [0.2, 0.25) is 6.20 Å². The van der Waals surface area contributed by atoms with E-state index in [2.05, 4.69) is 25.7 Å². The number of hydrogen-bond acceptors (Lipinski definition) is 8. The molecular weight excluding hydrogens is 452 g/mol. The molecule has 4 radical (unpaired) electrons. The van der Waals surface area contributed by atoms with Crippen molar-refractivity contribution in [1.29, 1.82) is 0 Å². The zero-order valence-corrected chi connectivity index (χ0v) is 20.0. The van der Waals surface area contributed by atoms with Gasteiger partial charge in [-0.2, -0.15) is 0 Å². The summed E-state index contributed by atoms with van der Waals surface area (Å²) >= 11 is 0. The number of aliphatic hydroxyl groups excluding tert-OH is 1. The van der Waals surface area contributed by atoms with Crippen LogP contribution >= 0.6 is 0 Å². The van der Waals surface area contributed by atoms with Crippen molar-refractivity contribution in [2.24, 2.45) is 22.9 Å². The average molecular weight is 484 g/mol. The molecule has 3 aliphatic rings. The quantitative estimate of drug-likeness (QED) is 0.215. The molecule has 0 aromatic heterocycles. The molecule has 2 bridgehead atoms. The summed E-state index contributed by atoms with van der Waals surface area (Å²) in [5, 5.41) is 14.5. The van der Waals surface area contributed by atoms with Crippen LogP contribution in [0.4, 0.5) is 0 Å². The zero-order valence-electron chi connectivity index (χ0n) is 21.0. The molecule has 1 aromatic rings. The van der Waals surface area contributed by atoms with Crippen molar-refractivity contribution in [1.82, 2.24) is 0 Å². The molecular formula is C23H31B2N3O7. The third-order valence-corrected chi connectivity index (χ3v) is 6.76. The van der Waals surface area contributed by atoms with Crippen LogP contribution in [0.25, 0.3) is 10.4 Å². The number of esters is 1. The van der Waals surface area contributed by atoms with E-state index in [9.17, 15) is 9.90 Å². The lowest BCUT2D eigenvalue weighted by Gasteiger charge is -2.45. The van der Waals surface area contributed by atoms with E-state index in [1.54, 1.807) is 0 Å². The Bertz CT molecular complexity index is 908. The Morgan fingerprint density at radius 1 is 1.23 bits per heavy atom. The molecule has 4 rings (SSSR count). The second kappa shape index (κ2) is 12.8. The normalized spacial score (nSPS) is 38.5. The van der Waals surface area contributed by atoms with Gasteiger partial charge in [0.05, 0.1) is 40.5 Å². The van der Waals surface area contributed by atoms with Crippen molar-refractivity contribution in [2.75, 3.05) is 6.61 Å². The molecule has 1 N–H and O–H groups in total. The molecule has 186 valence electrons. The number of hydrogen-bond donors (Lipinski definition) is 1. The van der Waals surface area contributed by atoms with E-state index >= 15 is 0 Å². The first-order valence-electron chi connectivity index (χ1n) is 12.2. The van der Waals surface area contributed by atoms with Gasteiger partial charge in [-0.15, -0.1) is 6.20 Å². The maximum Gasteiger partial charge on any atom is 0.338 e. The predicted molar refractivity (Wildman–Crippen MR) is 127 cm³/mol. The number of carbonyl (C=O) groups is 1. The molecule has 35 heavy (non-hydrogen) atoms. The molecule has 0 spiro atoms. The molecule has 1 aromatic carbocycles. The van der Waals surface area contributed by atoms with Gasteiger partial charge in [-0.1, -0.05) is 56.2 Å². The standard InChI is InChI=1S/C22H29N3O7.CH2B2/c1-11-12(2)21(31-18-13(3)16(24-25-23)22-29-10-15(18)30-22)32-19(17(11)26)20(27)28-9-14-7-5-4-6-8-14;2-1-3/h4-8,11-13,15-19,21-22,26H,9-10H2,1-3H3;1H2/t11?,12-,13?,15?,16-,17-,18-,19+,21+,22+;/m0./s1/i;1D. The van der Waals surface area contributed by atoms with Gasteiger partial charge in [-0.25, -0.2) is 4.79 Å². The lowest BCUT2D eigenvalue weighted by atomic mass is 9.84. The van der Waals surface area contributed by atoms with Gasteiger partial charge in [0, 0.05) is 12.2 Å². The van der Waals surface area contributed by atoms with Crippen LogP contribution < -0.4 is 0 Å². The number of carbonyl (C=O) groups excluding carboxylic acids is 1. The fraction of sp³-hybridized carbons (Fsp3) is 0.696. The average Bonchev–Trinajstić information content (AvgIpc) is 3.29. The maximum absolute atomic E-state index is 12.7. The number of nitrogens with zero attached hydrogens (tertiary/aromatic N) is 3. The smallest absolute Gasteiger partial charge is 0.338 e. The summed E-state index contributed by atoms with van der Waals surface area (Å²) in [6.45, 7) is 6.07. The SMILES string of the molecule is CC1[C@H](C)[C@H](O[C@@H]2C3CO[C@H](O3)[C@@H](N=[N+]=[N-])C2C)O[C@@H](C(=O)OCc2ccccc2)[C@H]1O.[2H]C([B])[B]. The second-order valence-electron chi connectivity index (χ2n) is 8.95. The molecule has 0 aliphatic carbocycles. The van der Waals surface area contributed by atoms with Gasteiger partial charge >= 0.3 is 5.97 Å². The van der Waals surface area contributed by atoms with E-state index < -0.39 is 49.1 Å². The number of azide groups is 1. The lowest BCUT2D eigenvalue weighted by molar-refractivity contribution is -0.298. The predicted octanol–water partition coefficient (Wildman–Crippen LogP) is 2.24. The van der Waals surface area contributed by atoms with Crippen molar-refractivity contribution >= 4 is 21.7 Å². The molecule has 3 fully saturated rings. The molecule has 12 heteroatoms. The summed E-state index contributed by atoms with van der Waals surface area (Å²) in [4.78, 5) is 15.6. The largest absolute Gasteiger partial charge is 0.459 e. The van der Waals surface area contributed by atoms with Gasteiger partial charge < -0.3 is 28.8 Å². The van der Waals surface area contributed by atoms with Gasteiger partial charge in [-0.3, -0.25) is 0 Å². The molecule has 3 unspecified atom stereocenters. The van der Waals surface area contributed by atoms with Crippen molar-refractivity contribution in [2.45, 2.75) is 76.6 Å². The molecule has 0 amide bonds. The van der Waals surface area contributed by atoms with Crippen molar-refractivity contribution in [3.8, 4) is 0 Å². The monoisotopic (exact) mass is 484 g/mol. The summed E-state index contributed by atoms with van der Waals surface area (Å²) in [6, 6.07) is 8.77. The molecule has 10 atom stereocenters. The maximum atomic E-state index is 12.7. The lowest BCUT2D eigenvalue weighted by Crippen LogP contribution is -2.57. The zero-order chi connectivity index (χ0) is 26.4. The first kappa shape index (κ1) is 26.0. The molecule has 0 saturated carbocycles. The van der Waals surface area contributed by atoms with Gasteiger partial charge in [-0.05, 0) is 22.9 Å². The van der Waals surface area contributed by atoms with Gasteiger partial charge in [0.15, 0.2) is 18.7 Å². The van der Waals surface area contributed by atoms with Gasteiger partial charge in [0.1, 0.15) is 12.7 Å². The minimum atomic E-state index is -1.17.